The maximum Gasteiger partial charge on any atom is 0.365 e. The van der Waals surface area contributed by atoms with E-state index in [1.165, 1.54) is 15.9 Å². The first-order chi connectivity index (χ1) is 13.5. The Hall–Kier alpha value is -3.65. The minimum absolute atomic E-state index is 0.144. The average molecular weight is 393 g/mol. The molecule has 0 fully saturated rings. The molecule has 0 saturated carbocycles. The molecule has 4 rings (SSSR count). The van der Waals surface area contributed by atoms with Gasteiger partial charge in [-0.1, -0.05) is 35.1 Å². The first-order valence-corrected chi connectivity index (χ1v) is 9.25. The highest BCUT2D eigenvalue weighted by Crippen LogP contribution is 2.22. The molecule has 140 valence electrons. The van der Waals surface area contributed by atoms with Crippen LogP contribution in [-0.2, 0) is 6.54 Å². The molecule has 0 unspecified atom stereocenters. The van der Waals surface area contributed by atoms with Crippen LogP contribution in [-0.4, -0.2) is 20.4 Å². The van der Waals surface area contributed by atoms with Crippen LogP contribution < -0.4 is 17.0 Å². The molecular formula is C20H15N3O4S. The molecule has 3 N–H and O–H groups in total. The Morgan fingerprint density at radius 1 is 1.04 bits per heavy atom. The summed E-state index contributed by atoms with van der Waals surface area (Å²) in [5.41, 5.74) is 7.31. The number of hydrogen-bond acceptors (Lipinski definition) is 5. The van der Waals surface area contributed by atoms with E-state index in [0.717, 1.165) is 16.7 Å². The highest BCUT2D eigenvalue weighted by molar-refractivity contribution is 7.17. The number of rotatable bonds is 4. The molecular weight excluding hydrogens is 378 g/mol. The van der Waals surface area contributed by atoms with Crippen LogP contribution in [0.2, 0.25) is 0 Å². The summed E-state index contributed by atoms with van der Waals surface area (Å²) >= 11 is 1.17. The molecule has 1 amide bonds. The lowest BCUT2D eigenvalue weighted by Gasteiger charge is -2.10. The van der Waals surface area contributed by atoms with Crippen molar-refractivity contribution >= 4 is 27.5 Å². The van der Waals surface area contributed by atoms with Crippen LogP contribution >= 0.6 is 11.3 Å². The number of carbonyl (C=O) groups excluding carboxylic acids is 1. The molecule has 0 bridgehead atoms. The molecule has 4 aromatic rings. The monoisotopic (exact) mass is 393 g/mol. The van der Waals surface area contributed by atoms with E-state index in [1.54, 1.807) is 35.7 Å². The predicted molar refractivity (Wildman–Crippen MR) is 107 cm³/mol. The summed E-state index contributed by atoms with van der Waals surface area (Å²) in [6, 6.07) is 16.2. The van der Waals surface area contributed by atoms with Gasteiger partial charge in [0.25, 0.3) is 0 Å². The topological polar surface area (TPSA) is 107 Å². The molecule has 2 heterocycles. The van der Waals surface area contributed by atoms with Gasteiger partial charge in [-0.2, -0.15) is 0 Å². The summed E-state index contributed by atoms with van der Waals surface area (Å²) < 4.78 is 1.83. The highest BCUT2D eigenvalue weighted by Gasteiger charge is 2.14. The van der Waals surface area contributed by atoms with Crippen molar-refractivity contribution in [1.82, 2.24) is 9.30 Å². The normalized spacial score (nSPS) is 11.0. The number of hydrogen-bond donors (Lipinski definition) is 2. The number of benzene rings is 2. The van der Waals surface area contributed by atoms with Gasteiger partial charge in [-0.25, -0.2) is 4.79 Å². The Morgan fingerprint density at radius 3 is 2.50 bits per heavy atom. The van der Waals surface area contributed by atoms with Gasteiger partial charge in [-0.05, 0) is 46.3 Å². The molecule has 2 aromatic heterocycles. The maximum absolute atomic E-state index is 12.4. The number of aromatic nitrogens is 2. The molecule has 0 atom stereocenters. The number of thiophene rings is 1. The van der Waals surface area contributed by atoms with Crippen LogP contribution in [0.1, 0.15) is 15.9 Å². The van der Waals surface area contributed by atoms with Crippen LogP contribution in [0.15, 0.2) is 69.6 Å². The van der Waals surface area contributed by atoms with Crippen LogP contribution in [0.5, 0.6) is 0 Å². The third-order valence-corrected chi connectivity index (χ3v) is 5.40. The minimum Gasteiger partial charge on any atom is -0.421 e. The number of carbonyl (C=O) groups is 1. The summed E-state index contributed by atoms with van der Waals surface area (Å²) in [4.78, 5) is 35.6. The SMILES string of the molecule is NC(=O)c1ccc(-c2cccc(Cn3c(=O)n(O)c(=O)c4sccc43)c2)cc1. The second-order valence-electron chi connectivity index (χ2n) is 6.26. The molecule has 0 aliphatic heterocycles. The number of amides is 1. The smallest absolute Gasteiger partial charge is 0.365 e. The zero-order valence-electron chi connectivity index (χ0n) is 14.5. The molecule has 0 spiro atoms. The second-order valence-corrected chi connectivity index (χ2v) is 7.18. The van der Waals surface area contributed by atoms with E-state index in [9.17, 15) is 19.6 Å². The van der Waals surface area contributed by atoms with Gasteiger partial charge in [0, 0.05) is 5.56 Å². The predicted octanol–water partition coefficient (Wildman–Crippen LogP) is 2.28. The lowest BCUT2D eigenvalue weighted by Crippen LogP contribution is -2.38. The van der Waals surface area contributed by atoms with E-state index < -0.39 is 17.2 Å². The molecule has 28 heavy (non-hydrogen) atoms. The van der Waals surface area contributed by atoms with Crippen LogP contribution in [0, 0.1) is 0 Å². The Morgan fingerprint density at radius 2 is 1.79 bits per heavy atom. The molecule has 0 radical (unpaired) electrons. The van der Waals surface area contributed by atoms with E-state index >= 15 is 0 Å². The zero-order chi connectivity index (χ0) is 19.8. The minimum atomic E-state index is -0.785. The fraction of sp³-hybridized carbons (Fsp3) is 0.0500. The van der Waals surface area contributed by atoms with E-state index in [0.29, 0.717) is 15.8 Å². The van der Waals surface area contributed by atoms with Crippen molar-refractivity contribution in [3.05, 3.63) is 91.9 Å². The zero-order valence-corrected chi connectivity index (χ0v) is 15.3. The fourth-order valence-corrected chi connectivity index (χ4v) is 3.91. The van der Waals surface area contributed by atoms with Gasteiger partial charge >= 0.3 is 11.2 Å². The van der Waals surface area contributed by atoms with E-state index in [4.69, 9.17) is 5.73 Å². The lowest BCUT2D eigenvalue weighted by molar-refractivity contribution is 0.100. The van der Waals surface area contributed by atoms with Gasteiger partial charge in [0.15, 0.2) is 0 Å². The van der Waals surface area contributed by atoms with Gasteiger partial charge in [0.2, 0.25) is 5.91 Å². The number of primary amides is 1. The summed E-state index contributed by atoms with van der Waals surface area (Å²) in [6.07, 6.45) is 0. The molecule has 0 saturated heterocycles. The van der Waals surface area contributed by atoms with Crippen molar-refractivity contribution in [2.24, 2.45) is 5.73 Å². The third kappa shape index (κ3) is 2.99. The second kappa shape index (κ2) is 6.82. The van der Waals surface area contributed by atoms with E-state index in [-0.39, 0.29) is 11.3 Å². The van der Waals surface area contributed by atoms with E-state index in [2.05, 4.69) is 0 Å². The maximum atomic E-state index is 12.4. The Balaban J connectivity index is 1.75. The summed E-state index contributed by atoms with van der Waals surface area (Å²) in [5.74, 6) is -0.487. The lowest BCUT2D eigenvalue weighted by atomic mass is 10.0. The highest BCUT2D eigenvalue weighted by atomic mass is 32.1. The van der Waals surface area contributed by atoms with Crippen molar-refractivity contribution in [3.63, 3.8) is 0 Å². The van der Waals surface area contributed by atoms with Gasteiger partial charge in [0.1, 0.15) is 4.70 Å². The molecule has 2 aromatic carbocycles. The van der Waals surface area contributed by atoms with Crippen molar-refractivity contribution in [1.29, 1.82) is 0 Å². The Labute approximate surface area is 162 Å². The number of nitrogens with zero attached hydrogens (tertiary/aromatic N) is 2. The van der Waals surface area contributed by atoms with Crippen LogP contribution in [0.25, 0.3) is 21.3 Å². The van der Waals surface area contributed by atoms with Gasteiger partial charge in [-0.3, -0.25) is 14.2 Å². The first kappa shape index (κ1) is 17.7. The van der Waals surface area contributed by atoms with Crippen LogP contribution in [0.3, 0.4) is 0 Å². The van der Waals surface area contributed by atoms with Crippen LogP contribution in [0.4, 0.5) is 0 Å². The summed E-state index contributed by atoms with van der Waals surface area (Å²) in [6.45, 7) is 0.195. The summed E-state index contributed by atoms with van der Waals surface area (Å²) in [7, 11) is 0. The first-order valence-electron chi connectivity index (χ1n) is 8.37. The standard InChI is InChI=1S/C20H15N3O4S/c21-18(24)14-6-4-13(5-7-14)15-3-1-2-12(10-15)11-22-16-8-9-28-17(16)19(25)23(27)20(22)26/h1-10,27H,11H2,(H2,21,24). The van der Waals surface area contributed by atoms with Gasteiger partial charge < -0.3 is 10.9 Å². The molecule has 0 aliphatic rings. The number of fused-ring (bicyclic) bond motifs is 1. The largest absolute Gasteiger partial charge is 0.421 e. The fourth-order valence-electron chi connectivity index (χ4n) is 3.09. The van der Waals surface area contributed by atoms with Gasteiger partial charge in [-0.15, -0.1) is 11.3 Å². The number of nitrogens with two attached hydrogens (primary N) is 1. The quantitative estimate of drug-likeness (QED) is 0.519. The third-order valence-electron chi connectivity index (χ3n) is 4.50. The molecule has 7 nitrogen and oxygen atoms in total. The summed E-state index contributed by atoms with van der Waals surface area (Å²) in [5, 5.41) is 11.5. The van der Waals surface area contributed by atoms with Crippen molar-refractivity contribution in [2.45, 2.75) is 6.54 Å². The Bertz CT molecular complexity index is 1320. The van der Waals surface area contributed by atoms with Crippen molar-refractivity contribution < 1.29 is 10.0 Å². The van der Waals surface area contributed by atoms with E-state index in [1.807, 2.05) is 24.3 Å². The van der Waals surface area contributed by atoms with Gasteiger partial charge in [0.05, 0.1) is 12.1 Å². The average Bonchev–Trinajstić information content (AvgIpc) is 3.20. The van der Waals surface area contributed by atoms with Crippen molar-refractivity contribution in [3.8, 4) is 11.1 Å². The Kier molecular flexibility index (Phi) is 4.32. The van der Waals surface area contributed by atoms with Crippen molar-refractivity contribution in [2.75, 3.05) is 0 Å². The molecule has 0 aliphatic carbocycles. The molecule has 8 heteroatoms.